The molecule has 0 nitrogen and oxygen atoms in total. The number of benzene rings is 1. The van der Waals surface area contributed by atoms with Gasteiger partial charge in [0, 0.05) is 0 Å². The highest BCUT2D eigenvalue weighted by atomic mass is 14.0. The van der Waals surface area contributed by atoms with Crippen molar-refractivity contribution < 1.29 is 0 Å². The van der Waals surface area contributed by atoms with Crippen molar-refractivity contribution in [1.29, 1.82) is 0 Å². The molecule has 1 aromatic carbocycles. The standard InChI is InChI=1S/C12H16.C2H6.CH4/c1-10(2)11(3)9-12-7-5-4-6-8-12;1-2;/h4-8H,9H2,1-3H3;1-2H3;1H4. The molecule has 0 unspecified atom stereocenters. The summed E-state index contributed by atoms with van der Waals surface area (Å²) in [4.78, 5) is 0. The summed E-state index contributed by atoms with van der Waals surface area (Å²) in [6.07, 6.45) is 1.09. The quantitative estimate of drug-likeness (QED) is 0.580. The average molecular weight is 206 g/mol. The minimum Gasteiger partial charge on any atom is -0.0776 e. The molecule has 0 aliphatic heterocycles. The van der Waals surface area contributed by atoms with Crippen LogP contribution in [0.2, 0.25) is 0 Å². The topological polar surface area (TPSA) is 0 Å². The van der Waals surface area contributed by atoms with Crippen LogP contribution in [0.5, 0.6) is 0 Å². The first kappa shape index (κ1) is 16.4. The molecular formula is C15H26. The minimum absolute atomic E-state index is 0. The Kier molecular flexibility index (Phi) is 10.4. The molecule has 0 heterocycles. The highest BCUT2D eigenvalue weighted by Crippen LogP contribution is 2.10. The van der Waals surface area contributed by atoms with Crippen LogP contribution in [0, 0.1) is 0 Å². The molecule has 0 aliphatic carbocycles. The van der Waals surface area contributed by atoms with E-state index in [1.807, 2.05) is 13.8 Å². The fraction of sp³-hybridized carbons (Fsp3) is 0.467. The van der Waals surface area contributed by atoms with Crippen LogP contribution in [0.4, 0.5) is 0 Å². The maximum Gasteiger partial charge on any atom is -0.00674 e. The van der Waals surface area contributed by atoms with Crippen LogP contribution in [0.1, 0.15) is 47.6 Å². The molecule has 0 amide bonds. The molecule has 0 radical (unpaired) electrons. The SMILES string of the molecule is C.CC.CC(C)=C(C)Cc1ccccc1. The van der Waals surface area contributed by atoms with E-state index < -0.39 is 0 Å². The van der Waals surface area contributed by atoms with Crippen LogP contribution in [-0.4, -0.2) is 0 Å². The first-order chi connectivity index (χ1) is 6.70. The first-order valence-electron chi connectivity index (χ1n) is 5.37. The highest BCUT2D eigenvalue weighted by Gasteiger charge is 1.94. The Labute approximate surface area is 96.0 Å². The van der Waals surface area contributed by atoms with Crippen molar-refractivity contribution >= 4 is 0 Å². The van der Waals surface area contributed by atoms with Crippen molar-refractivity contribution in [2.24, 2.45) is 0 Å². The van der Waals surface area contributed by atoms with Crippen molar-refractivity contribution in [2.75, 3.05) is 0 Å². The van der Waals surface area contributed by atoms with Crippen molar-refractivity contribution in [1.82, 2.24) is 0 Å². The summed E-state index contributed by atoms with van der Waals surface area (Å²) in [5.41, 5.74) is 4.30. The predicted molar refractivity (Wildman–Crippen MR) is 72.3 cm³/mol. The second-order valence-electron chi connectivity index (χ2n) is 3.44. The van der Waals surface area contributed by atoms with Crippen LogP contribution >= 0.6 is 0 Å². The molecule has 15 heavy (non-hydrogen) atoms. The molecule has 0 aromatic heterocycles. The number of hydrogen-bond acceptors (Lipinski definition) is 0. The van der Waals surface area contributed by atoms with E-state index in [1.165, 1.54) is 16.7 Å². The number of allylic oxidation sites excluding steroid dienone is 2. The summed E-state index contributed by atoms with van der Waals surface area (Å²) in [6, 6.07) is 10.6. The van der Waals surface area contributed by atoms with Gasteiger partial charge in [0.05, 0.1) is 0 Å². The molecule has 0 bridgehead atoms. The van der Waals surface area contributed by atoms with E-state index in [2.05, 4.69) is 51.1 Å². The second-order valence-corrected chi connectivity index (χ2v) is 3.44. The lowest BCUT2D eigenvalue weighted by atomic mass is 10.0. The summed E-state index contributed by atoms with van der Waals surface area (Å²) in [5.74, 6) is 0. The van der Waals surface area contributed by atoms with E-state index in [-0.39, 0.29) is 7.43 Å². The Morgan fingerprint density at radius 2 is 1.40 bits per heavy atom. The second kappa shape index (κ2) is 9.51. The lowest BCUT2D eigenvalue weighted by Crippen LogP contribution is -1.87. The van der Waals surface area contributed by atoms with E-state index in [0.717, 1.165) is 6.42 Å². The molecule has 0 saturated carbocycles. The van der Waals surface area contributed by atoms with Crippen LogP contribution in [0.25, 0.3) is 0 Å². The van der Waals surface area contributed by atoms with E-state index >= 15 is 0 Å². The molecule has 0 aliphatic rings. The van der Waals surface area contributed by atoms with Gasteiger partial charge in [-0.3, -0.25) is 0 Å². The van der Waals surface area contributed by atoms with Gasteiger partial charge in [-0.05, 0) is 32.8 Å². The molecule has 1 rings (SSSR count). The van der Waals surface area contributed by atoms with Gasteiger partial charge in [0.1, 0.15) is 0 Å². The van der Waals surface area contributed by atoms with Crippen molar-refractivity contribution in [3.05, 3.63) is 47.0 Å². The van der Waals surface area contributed by atoms with Gasteiger partial charge in [0.25, 0.3) is 0 Å². The van der Waals surface area contributed by atoms with Crippen LogP contribution in [0.3, 0.4) is 0 Å². The van der Waals surface area contributed by atoms with E-state index in [1.54, 1.807) is 0 Å². The van der Waals surface area contributed by atoms with Gasteiger partial charge in [-0.25, -0.2) is 0 Å². The van der Waals surface area contributed by atoms with Gasteiger partial charge < -0.3 is 0 Å². The smallest absolute Gasteiger partial charge is 0.00674 e. The van der Waals surface area contributed by atoms with Gasteiger partial charge >= 0.3 is 0 Å². The van der Waals surface area contributed by atoms with Gasteiger partial charge in [0.2, 0.25) is 0 Å². The molecular weight excluding hydrogens is 180 g/mol. The molecule has 0 fully saturated rings. The molecule has 1 aromatic rings. The summed E-state index contributed by atoms with van der Waals surface area (Å²) < 4.78 is 0. The maximum atomic E-state index is 2.20. The fourth-order valence-corrected chi connectivity index (χ4v) is 1.08. The normalized spacial score (nSPS) is 8.07. The monoisotopic (exact) mass is 206 g/mol. The van der Waals surface area contributed by atoms with E-state index in [0.29, 0.717) is 0 Å². The van der Waals surface area contributed by atoms with Crippen molar-refractivity contribution in [2.45, 2.75) is 48.5 Å². The molecule has 0 saturated heterocycles. The Bertz CT molecular complexity index is 263. The molecule has 0 N–H and O–H groups in total. The Hall–Kier alpha value is -1.04. The predicted octanol–water partition coefficient (Wildman–Crippen LogP) is 5.25. The Morgan fingerprint density at radius 1 is 0.933 bits per heavy atom. The molecule has 0 heteroatoms. The fourth-order valence-electron chi connectivity index (χ4n) is 1.08. The van der Waals surface area contributed by atoms with Crippen molar-refractivity contribution in [3.63, 3.8) is 0 Å². The third-order valence-electron chi connectivity index (χ3n) is 2.17. The first-order valence-corrected chi connectivity index (χ1v) is 5.37. The van der Waals surface area contributed by atoms with Gasteiger partial charge in [0.15, 0.2) is 0 Å². The summed E-state index contributed by atoms with van der Waals surface area (Å²) >= 11 is 0. The zero-order valence-electron chi connectivity index (χ0n) is 10.1. The zero-order chi connectivity index (χ0) is 11.0. The molecule has 0 atom stereocenters. The Balaban J connectivity index is 0. The van der Waals surface area contributed by atoms with Gasteiger partial charge in [-0.15, -0.1) is 0 Å². The van der Waals surface area contributed by atoms with Crippen LogP contribution in [0.15, 0.2) is 41.5 Å². The summed E-state index contributed by atoms with van der Waals surface area (Å²) in [7, 11) is 0. The van der Waals surface area contributed by atoms with Crippen molar-refractivity contribution in [3.8, 4) is 0 Å². The minimum atomic E-state index is 0. The van der Waals surface area contributed by atoms with Crippen LogP contribution in [-0.2, 0) is 6.42 Å². The molecule has 0 spiro atoms. The van der Waals surface area contributed by atoms with Gasteiger partial charge in [-0.2, -0.15) is 0 Å². The zero-order valence-corrected chi connectivity index (χ0v) is 10.1. The average Bonchev–Trinajstić information content (AvgIpc) is 2.22. The third kappa shape index (κ3) is 6.96. The lowest BCUT2D eigenvalue weighted by molar-refractivity contribution is 1.09. The maximum absolute atomic E-state index is 2.20. The Morgan fingerprint density at radius 3 is 1.80 bits per heavy atom. The summed E-state index contributed by atoms with van der Waals surface area (Å²) in [5, 5.41) is 0. The molecule has 86 valence electrons. The van der Waals surface area contributed by atoms with E-state index in [4.69, 9.17) is 0 Å². The van der Waals surface area contributed by atoms with Crippen LogP contribution < -0.4 is 0 Å². The highest BCUT2D eigenvalue weighted by molar-refractivity contribution is 5.22. The summed E-state index contributed by atoms with van der Waals surface area (Å²) in [6.45, 7) is 10.5. The van der Waals surface area contributed by atoms with E-state index in [9.17, 15) is 0 Å². The number of rotatable bonds is 2. The third-order valence-corrected chi connectivity index (χ3v) is 2.17. The lowest BCUT2D eigenvalue weighted by Gasteiger charge is -2.03. The van der Waals surface area contributed by atoms with Gasteiger partial charge in [-0.1, -0.05) is 62.8 Å². The number of hydrogen-bond donors (Lipinski definition) is 0. The largest absolute Gasteiger partial charge is 0.0776 e.